The monoisotopic (exact) mass is 311 g/mol. The predicted octanol–water partition coefficient (Wildman–Crippen LogP) is 3.05. The molecule has 0 radical (unpaired) electrons. The quantitative estimate of drug-likeness (QED) is 0.868. The maximum Gasteiger partial charge on any atom is 0.341 e. The van der Waals surface area contributed by atoms with E-state index in [1.807, 2.05) is 13.8 Å². The maximum atomic E-state index is 12.4. The van der Waals surface area contributed by atoms with Crippen LogP contribution >= 0.6 is 11.3 Å². The smallest absolute Gasteiger partial charge is 0.341 e. The number of carbonyl (C=O) groups is 2. The Bertz CT molecular complexity index is 558. The molecule has 0 spiro atoms. The van der Waals surface area contributed by atoms with Crippen LogP contribution < -0.4 is 5.32 Å². The number of thiophene rings is 1. The molecule has 21 heavy (non-hydrogen) atoms. The van der Waals surface area contributed by atoms with Crippen molar-refractivity contribution in [3.63, 3.8) is 0 Å². The standard InChI is InChI=1S/C15H21NO4S/c1-5-19-13(17)11-9(2)10(3)21-12(11)16-14(18)15(4)7-6-8-20-15/h5-8H2,1-4H3,(H,16,18). The molecule has 0 aliphatic carbocycles. The highest BCUT2D eigenvalue weighted by Crippen LogP contribution is 2.35. The molecular formula is C15H21NO4S. The fraction of sp³-hybridized carbons (Fsp3) is 0.600. The largest absolute Gasteiger partial charge is 0.462 e. The third-order valence-electron chi connectivity index (χ3n) is 3.79. The highest BCUT2D eigenvalue weighted by molar-refractivity contribution is 7.16. The van der Waals surface area contributed by atoms with Crippen LogP contribution in [0.3, 0.4) is 0 Å². The van der Waals surface area contributed by atoms with Gasteiger partial charge in [-0.25, -0.2) is 4.79 Å². The zero-order chi connectivity index (χ0) is 15.6. The summed E-state index contributed by atoms with van der Waals surface area (Å²) in [6, 6.07) is 0. The van der Waals surface area contributed by atoms with Crippen molar-refractivity contribution in [1.29, 1.82) is 0 Å². The fourth-order valence-corrected chi connectivity index (χ4v) is 3.40. The molecule has 2 heterocycles. The van der Waals surface area contributed by atoms with Gasteiger partial charge in [-0.15, -0.1) is 11.3 Å². The lowest BCUT2D eigenvalue weighted by Gasteiger charge is -2.21. The molecule has 1 fully saturated rings. The third kappa shape index (κ3) is 3.11. The van der Waals surface area contributed by atoms with Crippen LogP contribution in [0.1, 0.15) is 47.5 Å². The SMILES string of the molecule is CCOC(=O)c1c(NC(=O)C2(C)CCCO2)sc(C)c1C. The lowest BCUT2D eigenvalue weighted by molar-refractivity contribution is -0.133. The van der Waals surface area contributed by atoms with Crippen molar-refractivity contribution in [2.75, 3.05) is 18.5 Å². The lowest BCUT2D eigenvalue weighted by Crippen LogP contribution is -2.39. The van der Waals surface area contributed by atoms with Gasteiger partial charge in [0, 0.05) is 11.5 Å². The Morgan fingerprint density at radius 1 is 1.43 bits per heavy atom. The van der Waals surface area contributed by atoms with Crippen LogP contribution in [-0.4, -0.2) is 30.7 Å². The topological polar surface area (TPSA) is 64.6 Å². The number of ether oxygens (including phenoxy) is 2. The first-order valence-corrected chi connectivity index (χ1v) is 7.93. The minimum Gasteiger partial charge on any atom is -0.462 e. The van der Waals surface area contributed by atoms with Gasteiger partial charge >= 0.3 is 5.97 Å². The van der Waals surface area contributed by atoms with Crippen molar-refractivity contribution >= 4 is 28.2 Å². The molecule has 1 N–H and O–H groups in total. The molecule has 5 nitrogen and oxygen atoms in total. The molecule has 2 rings (SSSR count). The zero-order valence-electron chi connectivity index (χ0n) is 12.9. The number of rotatable bonds is 4. The molecule has 6 heteroatoms. The van der Waals surface area contributed by atoms with E-state index < -0.39 is 11.6 Å². The summed E-state index contributed by atoms with van der Waals surface area (Å²) in [5, 5.41) is 3.39. The second kappa shape index (κ2) is 6.15. The van der Waals surface area contributed by atoms with Gasteiger partial charge in [-0.1, -0.05) is 0 Å². The van der Waals surface area contributed by atoms with Gasteiger partial charge in [0.2, 0.25) is 0 Å². The molecule has 1 saturated heterocycles. The summed E-state index contributed by atoms with van der Waals surface area (Å²) >= 11 is 1.39. The first-order chi connectivity index (χ1) is 9.89. The van der Waals surface area contributed by atoms with Gasteiger partial charge in [0.1, 0.15) is 10.6 Å². The van der Waals surface area contributed by atoms with E-state index in [-0.39, 0.29) is 5.91 Å². The van der Waals surface area contributed by atoms with E-state index in [1.54, 1.807) is 13.8 Å². The third-order valence-corrected chi connectivity index (χ3v) is 4.91. The molecule has 1 aliphatic heterocycles. The van der Waals surface area contributed by atoms with Crippen LogP contribution in [0.5, 0.6) is 0 Å². The van der Waals surface area contributed by atoms with E-state index in [2.05, 4.69) is 5.32 Å². The lowest BCUT2D eigenvalue weighted by atomic mass is 10.0. The molecule has 1 aromatic rings. The number of nitrogens with one attached hydrogen (secondary N) is 1. The van der Waals surface area contributed by atoms with Gasteiger partial charge in [0.15, 0.2) is 0 Å². The number of carbonyl (C=O) groups excluding carboxylic acids is 2. The fourth-order valence-electron chi connectivity index (χ4n) is 2.36. The second-order valence-corrected chi connectivity index (χ2v) is 6.57. The van der Waals surface area contributed by atoms with Gasteiger partial charge in [-0.3, -0.25) is 4.79 Å². The van der Waals surface area contributed by atoms with E-state index in [0.29, 0.717) is 30.2 Å². The van der Waals surface area contributed by atoms with Crippen molar-refractivity contribution in [2.45, 2.75) is 46.1 Å². The van der Waals surface area contributed by atoms with Crippen LogP contribution in [0.25, 0.3) is 0 Å². The van der Waals surface area contributed by atoms with Gasteiger partial charge in [-0.05, 0) is 46.1 Å². The number of esters is 1. The summed E-state index contributed by atoms with van der Waals surface area (Å²) in [5.41, 5.74) is 0.498. The van der Waals surface area contributed by atoms with Crippen LogP contribution in [0.2, 0.25) is 0 Å². The Hall–Kier alpha value is -1.40. The number of aryl methyl sites for hydroxylation is 1. The van der Waals surface area contributed by atoms with E-state index in [1.165, 1.54) is 11.3 Å². The van der Waals surface area contributed by atoms with Gasteiger partial charge in [0.05, 0.1) is 12.2 Å². The number of amides is 1. The number of anilines is 1. The Morgan fingerprint density at radius 3 is 2.71 bits per heavy atom. The van der Waals surface area contributed by atoms with Gasteiger partial charge in [-0.2, -0.15) is 0 Å². The van der Waals surface area contributed by atoms with Crippen molar-refractivity contribution < 1.29 is 19.1 Å². The Morgan fingerprint density at radius 2 is 2.14 bits per heavy atom. The maximum absolute atomic E-state index is 12.4. The van der Waals surface area contributed by atoms with Gasteiger partial charge in [0.25, 0.3) is 5.91 Å². The molecule has 0 saturated carbocycles. The Labute approximate surface area is 128 Å². The van der Waals surface area contributed by atoms with Crippen molar-refractivity contribution in [1.82, 2.24) is 0 Å². The summed E-state index contributed by atoms with van der Waals surface area (Å²) in [4.78, 5) is 25.5. The Balaban J connectivity index is 2.25. The number of hydrogen-bond acceptors (Lipinski definition) is 5. The normalized spacial score (nSPS) is 21.3. The van der Waals surface area contributed by atoms with Crippen molar-refractivity contribution in [3.8, 4) is 0 Å². The highest BCUT2D eigenvalue weighted by Gasteiger charge is 2.38. The minimum atomic E-state index is -0.808. The minimum absolute atomic E-state index is 0.202. The molecular weight excluding hydrogens is 290 g/mol. The van der Waals surface area contributed by atoms with Crippen LogP contribution in [-0.2, 0) is 14.3 Å². The first kappa shape index (κ1) is 16.0. The highest BCUT2D eigenvalue weighted by atomic mass is 32.1. The second-order valence-electron chi connectivity index (χ2n) is 5.34. The van der Waals surface area contributed by atoms with Crippen molar-refractivity contribution in [2.24, 2.45) is 0 Å². The van der Waals surface area contributed by atoms with E-state index in [9.17, 15) is 9.59 Å². The summed E-state index contributed by atoms with van der Waals surface area (Å²) in [6.07, 6.45) is 1.56. The molecule has 0 bridgehead atoms. The van der Waals surface area contributed by atoms with Crippen LogP contribution in [0, 0.1) is 13.8 Å². The Kier molecular flexibility index (Phi) is 4.68. The first-order valence-electron chi connectivity index (χ1n) is 7.11. The van der Waals surface area contributed by atoms with Crippen molar-refractivity contribution in [3.05, 3.63) is 16.0 Å². The molecule has 1 amide bonds. The molecule has 1 aliphatic rings. The summed E-state index contributed by atoms with van der Waals surface area (Å²) in [7, 11) is 0. The van der Waals surface area contributed by atoms with Gasteiger partial charge < -0.3 is 14.8 Å². The summed E-state index contributed by atoms with van der Waals surface area (Å²) < 4.78 is 10.6. The zero-order valence-corrected chi connectivity index (χ0v) is 13.7. The molecule has 116 valence electrons. The summed E-state index contributed by atoms with van der Waals surface area (Å²) in [5.74, 6) is -0.598. The van der Waals surface area contributed by atoms with E-state index in [4.69, 9.17) is 9.47 Å². The average Bonchev–Trinajstić information content (AvgIpc) is 2.97. The summed E-state index contributed by atoms with van der Waals surface area (Å²) in [6.45, 7) is 8.23. The molecule has 1 unspecified atom stereocenters. The number of hydrogen-bond donors (Lipinski definition) is 1. The average molecular weight is 311 g/mol. The van der Waals surface area contributed by atoms with E-state index >= 15 is 0 Å². The molecule has 0 aromatic carbocycles. The van der Waals surface area contributed by atoms with E-state index in [0.717, 1.165) is 16.9 Å². The predicted molar refractivity (Wildman–Crippen MR) is 82.0 cm³/mol. The van der Waals surface area contributed by atoms with Crippen LogP contribution in [0.4, 0.5) is 5.00 Å². The van der Waals surface area contributed by atoms with Crippen LogP contribution in [0.15, 0.2) is 0 Å². The molecule has 1 aromatic heterocycles. The molecule has 1 atom stereocenters.